The average Bonchev–Trinajstić information content (AvgIpc) is 2.46. The van der Waals surface area contributed by atoms with Gasteiger partial charge in [0.25, 0.3) is 0 Å². The number of benzene rings is 2. The van der Waals surface area contributed by atoms with E-state index < -0.39 is 5.41 Å². The largest absolute Gasteiger partial charge is 0.369 e. The molecule has 3 rings (SSSR count). The topological polar surface area (TPSA) is 43.1 Å². The summed E-state index contributed by atoms with van der Waals surface area (Å²) in [5, 5.41) is 0. The highest BCUT2D eigenvalue weighted by Crippen LogP contribution is 2.43. The van der Waals surface area contributed by atoms with Crippen molar-refractivity contribution in [3.8, 4) is 0 Å². The summed E-state index contributed by atoms with van der Waals surface area (Å²) in [4.78, 5) is 11.7. The highest BCUT2D eigenvalue weighted by molar-refractivity contribution is 5.87. The molecule has 21 heavy (non-hydrogen) atoms. The van der Waals surface area contributed by atoms with Crippen LogP contribution >= 0.6 is 0 Å². The number of hydrogen-bond acceptors (Lipinski definition) is 1. The third-order valence-electron chi connectivity index (χ3n) is 4.73. The number of hydrogen-bond donors (Lipinski definition) is 1. The van der Waals surface area contributed by atoms with E-state index in [4.69, 9.17) is 5.73 Å². The van der Waals surface area contributed by atoms with E-state index in [1.54, 1.807) is 0 Å². The molecule has 1 aliphatic carbocycles. The quantitative estimate of drug-likeness (QED) is 0.896. The van der Waals surface area contributed by atoms with Gasteiger partial charge in [-0.15, -0.1) is 0 Å². The Morgan fingerprint density at radius 3 is 1.95 bits per heavy atom. The lowest BCUT2D eigenvalue weighted by Gasteiger charge is -2.39. The zero-order valence-corrected chi connectivity index (χ0v) is 12.2. The minimum atomic E-state index is -0.391. The molecule has 0 atom stereocenters. The van der Waals surface area contributed by atoms with Crippen LogP contribution in [-0.2, 0) is 23.1 Å². The SMILES string of the molecule is NC(=O)C1(c2ccc(CCc3ccccc3)cc2)CCC1. The Kier molecular flexibility index (Phi) is 3.78. The van der Waals surface area contributed by atoms with Crippen molar-refractivity contribution in [3.05, 3.63) is 71.3 Å². The van der Waals surface area contributed by atoms with E-state index in [2.05, 4.69) is 48.5 Å². The Morgan fingerprint density at radius 1 is 0.905 bits per heavy atom. The van der Waals surface area contributed by atoms with Crippen LogP contribution in [0.4, 0.5) is 0 Å². The molecule has 0 unspecified atom stereocenters. The van der Waals surface area contributed by atoms with Crippen molar-refractivity contribution in [2.24, 2.45) is 5.73 Å². The van der Waals surface area contributed by atoms with Crippen LogP contribution < -0.4 is 5.73 Å². The highest BCUT2D eigenvalue weighted by Gasteiger charge is 2.43. The number of primary amides is 1. The van der Waals surface area contributed by atoms with Gasteiger partial charge in [0.15, 0.2) is 0 Å². The van der Waals surface area contributed by atoms with Gasteiger partial charge in [0.05, 0.1) is 5.41 Å². The van der Waals surface area contributed by atoms with Gasteiger partial charge >= 0.3 is 0 Å². The predicted molar refractivity (Wildman–Crippen MR) is 85.0 cm³/mol. The molecule has 0 radical (unpaired) electrons. The lowest BCUT2D eigenvalue weighted by molar-refractivity contribution is -0.126. The predicted octanol–water partition coefficient (Wildman–Crippen LogP) is 3.38. The Bertz CT molecular complexity index is 612. The van der Waals surface area contributed by atoms with E-state index in [-0.39, 0.29) is 5.91 Å². The van der Waals surface area contributed by atoms with Crippen LogP contribution in [0.5, 0.6) is 0 Å². The van der Waals surface area contributed by atoms with Crippen molar-refractivity contribution < 1.29 is 4.79 Å². The minimum Gasteiger partial charge on any atom is -0.369 e. The summed E-state index contributed by atoms with van der Waals surface area (Å²) >= 11 is 0. The maximum Gasteiger partial charge on any atom is 0.228 e. The zero-order valence-electron chi connectivity index (χ0n) is 12.2. The van der Waals surface area contributed by atoms with E-state index in [0.717, 1.165) is 37.7 Å². The first-order valence-electron chi connectivity index (χ1n) is 7.64. The van der Waals surface area contributed by atoms with Crippen LogP contribution in [0.1, 0.15) is 36.0 Å². The van der Waals surface area contributed by atoms with Crippen LogP contribution in [0.15, 0.2) is 54.6 Å². The molecule has 2 N–H and O–H groups in total. The third kappa shape index (κ3) is 2.71. The molecule has 1 fully saturated rings. The monoisotopic (exact) mass is 279 g/mol. The second-order valence-electron chi connectivity index (χ2n) is 5.98. The fourth-order valence-electron chi connectivity index (χ4n) is 3.13. The normalized spacial score (nSPS) is 16.2. The van der Waals surface area contributed by atoms with E-state index in [9.17, 15) is 4.79 Å². The van der Waals surface area contributed by atoms with Gasteiger partial charge in [-0.05, 0) is 42.4 Å². The van der Waals surface area contributed by atoms with Crippen molar-refractivity contribution in [3.63, 3.8) is 0 Å². The van der Waals surface area contributed by atoms with Gasteiger partial charge in [-0.25, -0.2) is 0 Å². The molecule has 0 spiro atoms. The van der Waals surface area contributed by atoms with Crippen molar-refractivity contribution >= 4 is 5.91 Å². The molecule has 0 saturated heterocycles. The molecule has 2 aromatic rings. The lowest BCUT2D eigenvalue weighted by Crippen LogP contribution is -2.46. The molecule has 2 nitrogen and oxygen atoms in total. The van der Waals surface area contributed by atoms with Crippen LogP contribution in [0.25, 0.3) is 0 Å². The summed E-state index contributed by atoms with van der Waals surface area (Å²) in [6.07, 6.45) is 4.95. The first-order valence-corrected chi connectivity index (χ1v) is 7.64. The fraction of sp³-hybridized carbons (Fsp3) is 0.316. The molecule has 0 bridgehead atoms. The van der Waals surface area contributed by atoms with Crippen molar-refractivity contribution in [2.45, 2.75) is 37.5 Å². The van der Waals surface area contributed by atoms with Gasteiger partial charge in [-0.1, -0.05) is 61.0 Å². The van der Waals surface area contributed by atoms with Gasteiger partial charge in [0, 0.05) is 0 Å². The number of carbonyl (C=O) groups is 1. The first-order chi connectivity index (χ1) is 10.2. The zero-order chi connectivity index (χ0) is 14.7. The van der Waals surface area contributed by atoms with Gasteiger partial charge in [-0.3, -0.25) is 4.79 Å². The molecule has 0 aromatic heterocycles. The van der Waals surface area contributed by atoms with Gasteiger partial charge < -0.3 is 5.73 Å². The lowest BCUT2D eigenvalue weighted by atomic mass is 9.64. The summed E-state index contributed by atoms with van der Waals surface area (Å²) in [5.74, 6) is -0.175. The summed E-state index contributed by atoms with van der Waals surface area (Å²) in [5.41, 5.74) is 8.96. The van der Waals surface area contributed by atoms with Crippen molar-refractivity contribution in [1.29, 1.82) is 0 Å². The summed E-state index contributed by atoms with van der Waals surface area (Å²) in [7, 11) is 0. The van der Waals surface area contributed by atoms with E-state index in [0.29, 0.717) is 0 Å². The Morgan fingerprint density at radius 2 is 1.48 bits per heavy atom. The summed E-state index contributed by atoms with van der Waals surface area (Å²) < 4.78 is 0. The average molecular weight is 279 g/mol. The van der Waals surface area contributed by atoms with Gasteiger partial charge in [-0.2, -0.15) is 0 Å². The van der Waals surface area contributed by atoms with Crippen LogP contribution in [0.3, 0.4) is 0 Å². The molecule has 2 aromatic carbocycles. The van der Waals surface area contributed by atoms with Crippen LogP contribution in [-0.4, -0.2) is 5.91 Å². The summed E-state index contributed by atoms with van der Waals surface area (Å²) in [6.45, 7) is 0. The highest BCUT2D eigenvalue weighted by atomic mass is 16.1. The number of carbonyl (C=O) groups excluding carboxylic acids is 1. The number of nitrogens with two attached hydrogens (primary N) is 1. The maximum atomic E-state index is 11.7. The molecule has 0 aliphatic heterocycles. The van der Waals surface area contributed by atoms with Crippen molar-refractivity contribution in [2.75, 3.05) is 0 Å². The molecule has 0 heterocycles. The molecule has 1 amide bonds. The third-order valence-corrected chi connectivity index (χ3v) is 4.73. The van der Waals surface area contributed by atoms with Crippen LogP contribution in [0.2, 0.25) is 0 Å². The maximum absolute atomic E-state index is 11.7. The Hall–Kier alpha value is -2.09. The fourth-order valence-corrected chi connectivity index (χ4v) is 3.13. The minimum absolute atomic E-state index is 0.175. The van der Waals surface area contributed by atoms with Crippen LogP contribution in [0, 0.1) is 0 Å². The van der Waals surface area contributed by atoms with Crippen molar-refractivity contribution in [1.82, 2.24) is 0 Å². The summed E-state index contributed by atoms with van der Waals surface area (Å²) in [6, 6.07) is 19.0. The second kappa shape index (κ2) is 5.72. The molecule has 2 heteroatoms. The van der Waals surface area contributed by atoms with E-state index >= 15 is 0 Å². The Labute approximate surface area is 126 Å². The number of rotatable bonds is 5. The number of amides is 1. The Balaban J connectivity index is 1.68. The first kappa shape index (κ1) is 13.9. The smallest absolute Gasteiger partial charge is 0.228 e. The van der Waals surface area contributed by atoms with Gasteiger partial charge in [0.2, 0.25) is 5.91 Å². The molecular formula is C19H21NO. The second-order valence-corrected chi connectivity index (χ2v) is 5.98. The molecule has 1 aliphatic rings. The van der Waals surface area contributed by atoms with E-state index in [1.807, 2.05) is 6.07 Å². The molecule has 1 saturated carbocycles. The number of aryl methyl sites for hydroxylation is 2. The van der Waals surface area contributed by atoms with E-state index in [1.165, 1.54) is 11.1 Å². The standard InChI is InChI=1S/C19H21NO/c20-18(21)19(13-4-14-19)17-11-9-16(10-12-17)8-7-15-5-2-1-3-6-15/h1-3,5-6,9-12H,4,7-8,13-14H2,(H2,20,21). The molecule has 108 valence electrons. The van der Waals surface area contributed by atoms with Gasteiger partial charge in [0.1, 0.15) is 0 Å². The molecular weight excluding hydrogens is 258 g/mol.